The molecule has 16 heavy (non-hydrogen) atoms. The highest BCUT2D eigenvalue weighted by atomic mass is 79.9. The number of benzene rings is 1. The van der Waals surface area contributed by atoms with E-state index >= 15 is 0 Å². The first-order valence-electron chi connectivity index (χ1n) is 5.67. The molecule has 0 aliphatic heterocycles. The Balaban J connectivity index is 2.55. The predicted molar refractivity (Wildman–Crippen MR) is 74.0 cm³/mol. The molecule has 1 rings (SSSR count). The standard InChI is InChI=1S/C13H21BrN2/c1-13(2,10-16-8-7-15-3)11-5-4-6-12(14)9-11/h4-6,9,15-16H,7-8,10H2,1-3H3. The van der Waals surface area contributed by atoms with Gasteiger partial charge in [0, 0.05) is 29.5 Å². The van der Waals surface area contributed by atoms with Crippen molar-refractivity contribution in [2.75, 3.05) is 26.7 Å². The molecule has 2 nitrogen and oxygen atoms in total. The first kappa shape index (κ1) is 13.7. The number of likely N-dealkylation sites (N-methyl/N-ethyl adjacent to an activating group) is 1. The highest BCUT2D eigenvalue weighted by molar-refractivity contribution is 9.10. The van der Waals surface area contributed by atoms with Gasteiger partial charge in [-0.25, -0.2) is 0 Å². The molecule has 0 heterocycles. The fourth-order valence-electron chi connectivity index (χ4n) is 1.63. The van der Waals surface area contributed by atoms with Gasteiger partial charge in [-0.1, -0.05) is 41.9 Å². The van der Waals surface area contributed by atoms with Gasteiger partial charge in [0.2, 0.25) is 0 Å². The van der Waals surface area contributed by atoms with Gasteiger partial charge in [0.25, 0.3) is 0 Å². The molecule has 0 aliphatic rings. The molecule has 0 unspecified atom stereocenters. The Morgan fingerprint density at radius 3 is 2.62 bits per heavy atom. The van der Waals surface area contributed by atoms with Crippen LogP contribution in [0.5, 0.6) is 0 Å². The van der Waals surface area contributed by atoms with Gasteiger partial charge in [0.1, 0.15) is 0 Å². The van der Waals surface area contributed by atoms with Crippen molar-refractivity contribution in [2.45, 2.75) is 19.3 Å². The van der Waals surface area contributed by atoms with Crippen LogP contribution in [-0.4, -0.2) is 26.7 Å². The van der Waals surface area contributed by atoms with Crippen molar-refractivity contribution in [2.24, 2.45) is 0 Å². The number of halogens is 1. The number of hydrogen-bond acceptors (Lipinski definition) is 2. The maximum Gasteiger partial charge on any atom is 0.0178 e. The van der Waals surface area contributed by atoms with Gasteiger partial charge in [-0.05, 0) is 24.7 Å². The van der Waals surface area contributed by atoms with E-state index in [1.54, 1.807) is 0 Å². The van der Waals surface area contributed by atoms with E-state index in [0.717, 1.165) is 24.1 Å². The average Bonchev–Trinajstić information content (AvgIpc) is 2.24. The van der Waals surface area contributed by atoms with Gasteiger partial charge < -0.3 is 10.6 Å². The number of rotatable bonds is 6. The van der Waals surface area contributed by atoms with Crippen LogP contribution in [0.3, 0.4) is 0 Å². The molecule has 0 spiro atoms. The quantitative estimate of drug-likeness (QED) is 0.785. The molecular formula is C13H21BrN2. The van der Waals surface area contributed by atoms with Crippen LogP contribution < -0.4 is 10.6 Å². The summed E-state index contributed by atoms with van der Waals surface area (Å²) in [7, 11) is 1.97. The first-order valence-corrected chi connectivity index (χ1v) is 6.47. The van der Waals surface area contributed by atoms with E-state index in [2.05, 4.69) is 64.7 Å². The van der Waals surface area contributed by atoms with Crippen molar-refractivity contribution >= 4 is 15.9 Å². The Kier molecular flexibility index (Phi) is 5.46. The summed E-state index contributed by atoms with van der Waals surface area (Å²) >= 11 is 3.52. The van der Waals surface area contributed by atoms with Crippen LogP contribution in [0.25, 0.3) is 0 Å². The second-order valence-corrected chi connectivity index (χ2v) is 5.59. The molecule has 0 aromatic heterocycles. The molecule has 0 aliphatic carbocycles. The second-order valence-electron chi connectivity index (χ2n) is 4.67. The third kappa shape index (κ3) is 4.24. The molecule has 3 heteroatoms. The minimum atomic E-state index is 0.164. The molecule has 0 saturated heterocycles. The van der Waals surface area contributed by atoms with E-state index in [-0.39, 0.29) is 5.41 Å². The van der Waals surface area contributed by atoms with Gasteiger partial charge in [0.05, 0.1) is 0 Å². The molecule has 1 aromatic rings. The van der Waals surface area contributed by atoms with Crippen molar-refractivity contribution in [3.8, 4) is 0 Å². The lowest BCUT2D eigenvalue weighted by molar-refractivity contribution is 0.468. The first-order chi connectivity index (χ1) is 7.56. The average molecular weight is 285 g/mol. The molecular weight excluding hydrogens is 264 g/mol. The molecule has 0 atom stereocenters. The number of nitrogens with one attached hydrogen (secondary N) is 2. The van der Waals surface area contributed by atoms with Gasteiger partial charge in [-0.2, -0.15) is 0 Å². The predicted octanol–water partition coefficient (Wildman–Crippen LogP) is 2.54. The fourth-order valence-corrected chi connectivity index (χ4v) is 2.03. The maximum absolute atomic E-state index is 3.52. The van der Waals surface area contributed by atoms with E-state index in [0.29, 0.717) is 0 Å². The van der Waals surface area contributed by atoms with Gasteiger partial charge in [0.15, 0.2) is 0 Å². The van der Waals surface area contributed by atoms with E-state index in [9.17, 15) is 0 Å². The van der Waals surface area contributed by atoms with Crippen LogP contribution in [0.1, 0.15) is 19.4 Å². The maximum atomic E-state index is 3.52. The number of hydrogen-bond donors (Lipinski definition) is 2. The smallest absolute Gasteiger partial charge is 0.0178 e. The van der Waals surface area contributed by atoms with Gasteiger partial charge in [-0.3, -0.25) is 0 Å². The molecule has 2 N–H and O–H groups in total. The lowest BCUT2D eigenvalue weighted by Crippen LogP contribution is -2.36. The van der Waals surface area contributed by atoms with E-state index in [1.807, 2.05) is 7.05 Å². The lowest BCUT2D eigenvalue weighted by atomic mass is 9.84. The SMILES string of the molecule is CNCCNCC(C)(C)c1cccc(Br)c1. The Morgan fingerprint density at radius 2 is 2.00 bits per heavy atom. The van der Waals surface area contributed by atoms with Gasteiger partial charge >= 0.3 is 0 Å². The van der Waals surface area contributed by atoms with Crippen LogP contribution in [0.2, 0.25) is 0 Å². The molecule has 0 bridgehead atoms. The molecule has 0 radical (unpaired) electrons. The highest BCUT2D eigenvalue weighted by Gasteiger charge is 2.19. The lowest BCUT2D eigenvalue weighted by Gasteiger charge is -2.26. The summed E-state index contributed by atoms with van der Waals surface area (Å²) in [6, 6.07) is 8.53. The normalized spacial score (nSPS) is 11.8. The zero-order chi connectivity index (χ0) is 12.0. The summed E-state index contributed by atoms with van der Waals surface area (Å²) in [5.74, 6) is 0. The third-order valence-corrected chi connectivity index (χ3v) is 3.22. The molecule has 0 amide bonds. The zero-order valence-corrected chi connectivity index (χ0v) is 11.9. The minimum Gasteiger partial charge on any atom is -0.318 e. The topological polar surface area (TPSA) is 24.1 Å². The third-order valence-electron chi connectivity index (χ3n) is 2.72. The molecule has 0 saturated carbocycles. The van der Waals surface area contributed by atoms with Gasteiger partial charge in [-0.15, -0.1) is 0 Å². The van der Waals surface area contributed by atoms with Crippen molar-refractivity contribution in [1.82, 2.24) is 10.6 Å². The molecule has 1 aromatic carbocycles. The van der Waals surface area contributed by atoms with Crippen molar-refractivity contribution in [1.29, 1.82) is 0 Å². The van der Waals surface area contributed by atoms with Crippen LogP contribution in [-0.2, 0) is 5.41 Å². The van der Waals surface area contributed by atoms with E-state index in [4.69, 9.17) is 0 Å². The summed E-state index contributed by atoms with van der Waals surface area (Å²) in [5, 5.41) is 6.60. The van der Waals surface area contributed by atoms with Crippen LogP contribution >= 0.6 is 15.9 Å². The monoisotopic (exact) mass is 284 g/mol. The summed E-state index contributed by atoms with van der Waals surface area (Å²) in [5.41, 5.74) is 1.52. The summed E-state index contributed by atoms with van der Waals surface area (Å²) in [6.45, 7) is 7.54. The molecule has 0 fully saturated rings. The Morgan fingerprint density at radius 1 is 1.25 bits per heavy atom. The minimum absolute atomic E-state index is 0.164. The summed E-state index contributed by atoms with van der Waals surface area (Å²) in [4.78, 5) is 0. The van der Waals surface area contributed by atoms with E-state index in [1.165, 1.54) is 5.56 Å². The highest BCUT2D eigenvalue weighted by Crippen LogP contribution is 2.24. The Hall–Kier alpha value is -0.380. The van der Waals surface area contributed by atoms with Crippen molar-refractivity contribution in [3.05, 3.63) is 34.3 Å². The second kappa shape index (κ2) is 6.38. The zero-order valence-electron chi connectivity index (χ0n) is 10.3. The van der Waals surface area contributed by atoms with Crippen molar-refractivity contribution in [3.63, 3.8) is 0 Å². The fraction of sp³-hybridized carbons (Fsp3) is 0.538. The summed E-state index contributed by atoms with van der Waals surface area (Å²) < 4.78 is 1.15. The summed E-state index contributed by atoms with van der Waals surface area (Å²) in [6.07, 6.45) is 0. The van der Waals surface area contributed by atoms with Crippen LogP contribution in [0.4, 0.5) is 0 Å². The Bertz CT molecular complexity index is 323. The Labute approximate surface area is 107 Å². The van der Waals surface area contributed by atoms with E-state index < -0.39 is 0 Å². The molecule has 90 valence electrons. The van der Waals surface area contributed by atoms with Crippen molar-refractivity contribution < 1.29 is 0 Å². The largest absolute Gasteiger partial charge is 0.318 e. The van der Waals surface area contributed by atoms with Crippen LogP contribution in [0, 0.1) is 0 Å². The van der Waals surface area contributed by atoms with Crippen LogP contribution in [0.15, 0.2) is 28.7 Å².